The number of rotatable bonds is 5. The highest BCUT2D eigenvalue weighted by atomic mass is 32.2. The molecule has 2 N–H and O–H groups in total. The van der Waals surface area contributed by atoms with Crippen LogP contribution in [-0.2, 0) is 22.7 Å². The minimum Gasteiger partial charge on any atom is -0.324 e. The van der Waals surface area contributed by atoms with Crippen LogP contribution in [0.3, 0.4) is 0 Å². The second-order valence-corrected chi connectivity index (χ2v) is 10.5. The third-order valence-corrected chi connectivity index (χ3v) is 5.54. The lowest BCUT2D eigenvalue weighted by atomic mass is 9.99. The van der Waals surface area contributed by atoms with Crippen LogP contribution >= 0.6 is 0 Å². The maximum absolute atomic E-state index is 12.0. The summed E-state index contributed by atoms with van der Waals surface area (Å²) in [6, 6.07) is 11.7. The number of pyridine rings is 1. The number of hydrogen-bond acceptors (Lipinski definition) is 9. The van der Waals surface area contributed by atoms with Crippen LogP contribution in [0.25, 0.3) is 0 Å². The average molecular weight is 449 g/mol. The zero-order chi connectivity index (χ0) is 22.7. The summed E-state index contributed by atoms with van der Waals surface area (Å²) in [4.78, 5) is 15.3. The van der Waals surface area contributed by atoms with Crippen LogP contribution < -0.4 is 10.6 Å². The molecule has 0 aliphatic carbocycles. The number of aromatic nitrogens is 3. The van der Waals surface area contributed by atoms with Gasteiger partial charge in [0.2, 0.25) is 5.95 Å². The molecule has 0 saturated carbocycles. The van der Waals surface area contributed by atoms with E-state index in [1.807, 2.05) is 6.07 Å². The van der Waals surface area contributed by atoms with Crippen LogP contribution in [0, 0.1) is 11.3 Å². The molecule has 0 radical (unpaired) electrons. The molecule has 0 bridgehead atoms. The Hall–Kier alpha value is -3.55. The summed E-state index contributed by atoms with van der Waals surface area (Å²) in [6.45, 7) is 1.96. The number of hydrogen-bond donors (Lipinski definition) is 2. The Balaban J connectivity index is 1.59. The van der Waals surface area contributed by atoms with Crippen molar-refractivity contribution in [2.45, 2.75) is 13.0 Å². The molecule has 4 rings (SSSR count). The number of anilines is 4. The molecule has 10 heteroatoms. The van der Waals surface area contributed by atoms with Crippen molar-refractivity contribution in [1.82, 2.24) is 19.9 Å². The number of nitrogens with one attached hydrogen (secondary N) is 2. The van der Waals surface area contributed by atoms with E-state index in [2.05, 4.69) is 60.1 Å². The van der Waals surface area contributed by atoms with Crippen molar-refractivity contribution in [2.75, 3.05) is 36.7 Å². The van der Waals surface area contributed by atoms with Gasteiger partial charge in [-0.25, -0.2) is 14.2 Å². The summed E-state index contributed by atoms with van der Waals surface area (Å²) in [5.74, 6) is 1.12. The van der Waals surface area contributed by atoms with Gasteiger partial charge in [-0.2, -0.15) is 14.6 Å². The van der Waals surface area contributed by atoms with Crippen molar-refractivity contribution in [3.63, 3.8) is 0 Å². The summed E-state index contributed by atoms with van der Waals surface area (Å²) < 4.78 is 16.2. The Bertz CT molecular complexity index is 1320. The zero-order valence-corrected chi connectivity index (χ0v) is 19.0. The second-order valence-electron chi connectivity index (χ2n) is 7.96. The molecule has 0 atom stereocenters. The number of fused-ring (bicyclic) bond motifs is 1. The van der Waals surface area contributed by atoms with Crippen LogP contribution in [0.2, 0.25) is 0 Å². The van der Waals surface area contributed by atoms with Crippen molar-refractivity contribution < 1.29 is 4.21 Å². The van der Waals surface area contributed by atoms with Gasteiger partial charge in [0, 0.05) is 53.3 Å². The average Bonchev–Trinajstić information content (AvgIpc) is 2.73. The highest BCUT2D eigenvalue weighted by Gasteiger charge is 2.14. The van der Waals surface area contributed by atoms with Gasteiger partial charge in [-0.3, -0.25) is 0 Å². The van der Waals surface area contributed by atoms with Gasteiger partial charge in [-0.1, -0.05) is 6.07 Å². The minimum atomic E-state index is -2.30. The molecule has 3 aromatic rings. The highest BCUT2D eigenvalue weighted by molar-refractivity contribution is 7.92. The Kier molecular flexibility index (Phi) is 6.03. The van der Waals surface area contributed by atoms with E-state index in [9.17, 15) is 9.47 Å². The molecule has 0 spiro atoms. The maximum Gasteiger partial charge on any atom is 0.229 e. The lowest BCUT2D eigenvalue weighted by molar-refractivity contribution is 0.313. The quantitative estimate of drug-likeness (QED) is 0.608. The Morgan fingerprint density at radius 1 is 1.16 bits per heavy atom. The first kappa shape index (κ1) is 21.7. The molecule has 0 saturated heterocycles. The number of nitriles is 1. The molecule has 0 unspecified atom stereocenters. The number of benzene rings is 1. The molecule has 1 aliphatic heterocycles. The normalized spacial score (nSPS) is 13.7. The number of likely N-dealkylation sites (N-methyl/N-ethyl adjacent to an activating group) is 1. The predicted molar refractivity (Wildman–Crippen MR) is 126 cm³/mol. The molecular weight excluding hydrogens is 424 g/mol. The Morgan fingerprint density at radius 3 is 2.78 bits per heavy atom. The fraction of sp³-hybridized carbons (Fsp3) is 0.273. The topological polar surface area (TPSA) is 119 Å². The Morgan fingerprint density at radius 2 is 2.00 bits per heavy atom. The second kappa shape index (κ2) is 8.90. The van der Waals surface area contributed by atoms with Crippen molar-refractivity contribution in [1.29, 1.82) is 5.26 Å². The van der Waals surface area contributed by atoms with Crippen molar-refractivity contribution in [3.05, 3.63) is 59.4 Å². The summed E-state index contributed by atoms with van der Waals surface area (Å²) in [5.41, 5.74) is 4.33. The van der Waals surface area contributed by atoms with E-state index in [1.54, 1.807) is 30.8 Å². The van der Waals surface area contributed by atoms with Gasteiger partial charge in [0.1, 0.15) is 17.5 Å². The molecule has 2 aromatic heterocycles. The smallest absolute Gasteiger partial charge is 0.229 e. The van der Waals surface area contributed by atoms with Crippen molar-refractivity contribution >= 4 is 38.7 Å². The zero-order valence-electron chi connectivity index (χ0n) is 18.2. The molecule has 1 aromatic carbocycles. The lowest BCUT2D eigenvalue weighted by Gasteiger charge is -2.25. The van der Waals surface area contributed by atoms with Crippen molar-refractivity contribution in [2.24, 2.45) is 4.36 Å². The summed E-state index contributed by atoms with van der Waals surface area (Å²) in [6.07, 6.45) is 7.19. The van der Waals surface area contributed by atoms with E-state index in [1.165, 1.54) is 17.3 Å². The first-order valence-corrected chi connectivity index (χ1v) is 12.4. The van der Waals surface area contributed by atoms with Gasteiger partial charge in [0.15, 0.2) is 5.82 Å². The molecular formula is C22H24N8OS. The van der Waals surface area contributed by atoms with Gasteiger partial charge in [0.05, 0.1) is 11.9 Å². The molecule has 32 heavy (non-hydrogen) atoms. The van der Waals surface area contributed by atoms with Gasteiger partial charge in [-0.15, -0.1) is 0 Å². The van der Waals surface area contributed by atoms with Gasteiger partial charge < -0.3 is 15.5 Å². The number of nitrogens with zero attached hydrogens (tertiary/aromatic N) is 6. The molecule has 0 fully saturated rings. The van der Waals surface area contributed by atoms with Gasteiger partial charge in [-0.05, 0) is 42.8 Å². The van der Waals surface area contributed by atoms with Crippen LogP contribution in [0.15, 0.2) is 47.1 Å². The third-order valence-electron chi connectivity index (χ3n) is 4.89. The fourth-order valence-corrected chi connectivity index (χ4v) is 4.07. The Labute approximate surface area is 187 Å². The third kappa shape index (κ3) is 5.38. The van der Waals surface area contributed by atoms with Crippen LogP contribution in [0.1, 0.15) is 16.7 Å². The predicted octanol–water partition coefficient (Wildman–Crippen LogP) is 3.58. The van der Waals surface area contributed by atoms with E-state index in [4.69, 9.17) is 0 Å². The summed E-state index contributed by atoms with van der Waals surface area (Å²) in [7, 11) is -0.191. The molecule has 164 valence electrons. The summed E-state index contributed by atoms with van der Waals surface area (Å²) >= 11 is 0. The molecule has 3 heterocycles. The lowest BCUT2D eigenvalue weighted by Crippen LogP contribution is -2.26. The maximum atomic E-state index is 12.0. The van der Waals surface area contributed by atoms with Gasteiger partial charge >= 0.3 is 0 Å². The van der Waals surface area contributed by atoms with Crippen LogP contribution in [-0.4, -0.2) is 50.2 Å². The van der Waals surface area contributed by atoms with Crippen LogP contribution in [0.4, 0.5) is 29.0 Å². The largest absolute Gasteiger partial charge is 0.324 e. The first-order valence-electron chi connectivity index (χ1n) is 10.0. The molecule has 0 amide bonds. The van der Waals surface area contributed by atoms with E-state index >= 15 is 0 Å². The SMILES string of the molecule is CN1CCc2ccc(Nc3ncc(C#N)c(Nc4cc(N=S(C)(C)=O)ccn4)n3)cc2C1. The van der Waals surface area contributed by atoms with Gasteiger partial charge in [0.25, 0.3) is 0 Å². The monoisotopic (exact) mass is 448 g/mol. The van der Waals surface area contributed by atoms with E-state index in [-0.39, 0.29) is 5.56 Å². The van der Waals surface area contributed by atoms with E-state index in [0.717, 1.165) is 25.2 Å². The van der Waals surface area contributed by atoms with E-state index < -0.39 is 9.73 Å². The van der Waals surface area contributed by atoms with Crippen LogP contribution in [0.5, 0.6) is 0 Å². The standard InChI is InChI=1S/C22H24N8OS/c1-30-9-7-15-4-5-18(10-16(15)14-30)26-22-25-13-17(12-23)21(28-22)27-20-11-19(6-8-24-20)29-32(2,3)31/h4-6,8,10-11,13H,7,9,14H2,1-3H3,(H2,24,25,26,27,28). The molecule has 9 nitrogen and oxygen atoms in total. The molecule has 1 aliphatic rings. The first-order chi connectivity index (χ1) is 15.3. The highest BCUT2D eigenvalue weighted by Crippen LogP contribution is 2.25. The van der Waals surface area contributed by atoms with Crippen molar-refractivity contribution in [3.8, 4) is 6.07 Å². The fourth-order valence-electron chi connectivity index (χ4n) is 3.44. The summed E-state index contributed by atoms with van der Waals surface area (Å²) in [5, 5.41) is 15.7. The van der Waals surface area contributed by atoms with E-state index in [0.29, 0.717) is 23.3 Å². The minimum absolute atomic E-state index is 0.279.